The molecule has 0 spiro atoms. The molecule has 0 saturated heterocycles. The Morgan fingerprint density at radius 2 is 1.89 bits per heavy atom. The molecule has 102 valence electrons. The summed E-state index contributed by atoms with van der Waals surface area (Å²) in [6.07, 6.45) is -2.96. The van der Waals surface area contributed by atoms with E-state index in [0.29, 0.717) is 11.3 Å². The summed E-state index contributed by atoms with van der Waals surface area (Å²) in [5.74, 6) is 0.0657. The molecule has 1 atom stereocenters. The van der Waals surface area contributed by atoms with Crippen LogP contribution in [0.2, 0.25) is 0 Å². The first-order chi connectivity index (χ1) is 8.91. The van der Waals surface area contributed by atoms with Gasteiger partial charge in [-0.05, 0) is 24.3 Å². The third-order valence-corrected chi connectivity index (χ3v) is 2.76. The molecule has 1 heterocycles. The van der Waals surface area contributed by atoms with Crippen molar-refractivity contribution in [2.75, 3.05) is 6.61 Å². The number of aliphatic hydroxyl groups is 1. The number of nitrogens with zero attached hydrogens (tertiary/aromatic N) is 1. The van der Waals surface area contributed by atoms with Crippen LogP contribution in [0.4, 0.5) is 13.2 Å². The Labute approximate surface area is 107 Å². The van der Waals surface area contributed by atoms with Gasteiger partial charge in [0.15, 0.2) is 0 Å². The zero-order valence-corrected chi connectivity index (χ0v) is 10.1. The van der Waals surface area contributed by atoms with Crippen LogP contribution in [-0.2, 0) is 6.18 Å². The molecule has 0 saturated carbocycles. The van der Waals surface area contributed by atoms with Crippen molar-refractivity contribution >= 4 is 0 Å². The molecule has 1 aromatic heterocycles. The highest BCUT2D eigenvalue weighted by Crippen LogP contribution is 2.31. The lowest BCUT2D eigenvalue weighted by molar-refractivity contribution is -0.137. The van der Waals surface area contributed by atoms with Gasteiger partial charge in [-0.15, -0.1) is 0 Å². The molecule has 0 amide bonds. The molecule has 1 N–H and O–H groups in total. The van der Waals surface area contributed by atoms with Gasteiger partial charge in [-0.1, -0.05) is 6.92 Å². The number of benzene rings is 1. The number of rotatable bonds is 3. The molecule has 1 unspecified atom stereocenters. The molecule has 2 rings (SSSR count). The van der Waals surface area contributed by atoms with Gasteiger partial charge >= 0.3 is 6.18 Å². The molecule has 19 heavy (non-hydrogen) atoms. The third-order valence-electron chi connectivity index (χ3n) is 2.76. The van der Waals surface area contributed by atoms with E-state index in [9.17, 15) is 13.2 Å². The van der Waals surface area contributed by atoms with Crippen LogP contribution in [0.15, 0.2) is 34.9 Å². The van der Waals surface area contributed by atoms with Crippen LogP contribution < -0.4 is 0 Å². The van der Waals surface area contributed by atoms with E-state index in [1.165, 1.54) is 18.4 Å². The van der Waals surface area contributed by atoms with Gasteiger partial charge in [0.25, 0.3) is 0 Å². The fourth-order valence-electron chi connectivity index (χ4n) is 1.54. The maximum atomic E-state index is 12.4. The average molecular weight is 271 g/mol. The lowest BCUT2D eigenvalue weighted by Gasteiger charge is -2.06. The normalized spacial score (nSPS) is 13.5. The maximum Gasteiger partial charge on any atom is 0.416 e. The molecule has 0 radical (unpaired) electrons. The molecule has 3 nitrogen and oxygen atoms in total. The van der Waals surface area contributed by atoms with E-state index in [4.69, 9.17) is 9.52 Å². The summed E-state index contributed by atoms with van der Waals surface area (Å²) in [6.45, 7) is 1.70. The fraction of sp³-hybridized carbons (Fsp3) is 0.308. The van der Waals surface area contributed by atoms with Gasteiger partial charge in [-0.2, -0.15) is 13.2 Å². The van der Waals surface area contributed by atoms with Gasteiger partial charge in [0.2, 0.25) is 5.89 Å². The van der Waals surface area contributed by atoms with Crippen molar-refractivity contribution in [3.05, 3.63) is 41.8 Å². The second kappa shape index (κ2) is 5.05. The van der Waals surface area contributed by atoms with E-state index in [1.54, 1.807) is 6.92 Å². The molecule has 6 heteroatoms. The molecule has 0 bridgehead atoms. The Bertz CT molecular complexity index is 546. The first kappa shape index (κ1) is 13.6. The molecule has 0 aliphatic carbocycles. The summed E-state index contributed by atoms with van der Waals surface area (Å²) in [6, 6.07) is 4.58. The minimum absolute atomic E-state index is 0.0705. The highest BCUT2D eigenvalue weighted by molar-refractivity contribution is 5.54. The van der Waals surface area contributed by atoms with Crippen molar-refractivity contribution in [3.63, 3.8) is 0 Å². The van der Waals surface area contributed by atoms with Crippen LogP contribution in [-0.4, -0.2) is 16.7 Å². The Hall–Kier alpha value is -1.82. The van der Waals surface area contributed by atoms with Gasteiger partial charge in [0.1, 0.15) is 6.26 Å². The summed E-state index contributed by atoms with van der Waals surface area (Å²) in [7, 11) is 0. The lowest BCUT2D eigenvalue weighted by Crippen LogP contribution is -2.04. The van der Waals surface area contributed by atoms with Crippen molar-refractivity contribution in [1.29, 1.82) is 0 Å². The van der Waals surface area contributed by atoms with Crippen molar-refractivity contribution in [2.45, 2.75) is 19.0 Å². The number of oxazole rings is 1. The Morgan fingerprint density at radius 3 is 2.42 bits per heavy atom. The van der Waals surface area contributed by atoms with Crippen LogP contribution in [0.1, 0.15) is 24.1 Å². The summed E-state index contributed by atoms with van der Waals surface area (Å²) in [4.78, 5) is 4.14. The highest BCUT2D eigenvalue weighted by atomic mass is 19.4. The molecule has 0 aliphatic rings. The maximum absolute atomic E-state index is 12.4. The smallest absolute Gasteiger partial charge is 0.416 e. The summed E-state index contributed by atoms with van der Waals surface area (Å²) >= 11 is 0. The number of halogens is 3. The summed E-state index contributed by atoms with van der Waals surface area (Å²) in [5.41, 5.74) is 0.313. The second-order valence-electron chi connectivity index (χ2n) is 4.24. The fourth-order valence-corrected chi connectivity index (χ4v) is 1.54. The standard InChI is InChI=1S/C13H12F3NO2/c1-8(6-18)11-7-19-12(17-11)9-2-4-10(5-3-9)13(14,15)16/h2-5,7-8,18H,6H2,1H3. The number of aromatic nitrogens is 1. The van der Waals surface area contributed by atoms with Crippen LogP contribution in [0.3, 0.4) is 0 Å². The number of hydrogen-bond acceptors (Lipinski definition) is 3. The van der Waals surface area contributed by atoms with E-state index in [-0.39, 0.29) is 18.4 Å². The Morgan fingerprint density at radius 1 is 1.26 bits per heavy atom. The minimum Gasteiger partial charge on any atom is -0.444 e. The van der Waals surface area contributed by atoms with E-state index >= 15 is 0 Å². The van der Waals surface area contributed by atoms with Crippen LogP contribution in [0.25, 0.3) is 11.5 Å². The molecular weight excluding hydrogens is 259 g/mol. The van der Waals surface area contributed by atoms with E-state index in [2.05, 4.69) is 4.98 Å². The minimum atomic E-state index is -4.36. The Kier molecular flexibility index (Phi) is 3.61. The monoisotopic (exact) mass is 271 g/mol. The average Bonchev–Trinajstić information content (AvgIpc) is 2.86. The second-order valence-corrected chi connectivity index (χ2v) is 4.24. The van der Waals surface area contributed by atoms with Crippen molar-refractivity contribution in [1.82, 2.24) is 4.98 Å². The van der Waals surface area contributed by atoms with Crippen molar-refractivity contribution in [3.8, 4) is 11.5 Å². The number of hydrogen-bond donors (Lipinski definition) is 1. The van der Waals surface area contributed by atoms with Gasteiger partial charge < -0.3 is 9.52 Å². The first-order valence-electron chi connectivity index (χ1n) is 5.65. The molecular formula is C13H12F3NO2. The van der Waals surface area contributed by atoms with E-state index < -0.39 is 11.7 Å². The van der Waals surface area contributed by atoms with Gasteiger partial charge in [-0.3, -0.25) is 0 Å². The van der Waals surface area contributed by atoms with Crippen molar-refractivity contribution < 1.29 is 22.7 Å². The third kappa shape index (κ3) is 2.96. The quantitative estimate of drug-likeness (QED) is 0.929. The zero-order valence-electron chi connectivity index (χ0n) is 10.1. The van der Waals surface area contributed by atoms with Gasteiger partial charge in [0, 0.05) is 11.5 Å². The van der Waals surface area contributed by atoms with Crippen LogP contribution >= 0.6 is 0 Å². The lowest BCUT2D eigenvalue weighted by atomic mass is 10.1. The molecule has 0 fully saturated rings. The molecule has 0 aliphatic heterocycles. The van der Waals surface area contributed by atoms with E-state index in [0.717, 1.165) is 12.1 Å². The zero-order chi connectivity index (χ0) is 14.0. The van der Waals surface area contributed by atoms with Gasteiger partial charge in [-0.25, -0.2) is 4.98 Å². The largest absolute Gasteiger partial charge is 0.444 e. The van der Waals surface area contributed by atoms with E-state index in [1.807, 2.05) is 0 Å². The first-order valence-corrected chi connectivity index (χ1v) is 5.65. The van der Waals surface area contributed by atoms with Crippen molar-refractivity contribution in [2.24, 2.45) is 0 Å². The van der Waals surface area contributed by atoms with Crippen LogP contribution in [0, 0.1) is 0 Å². The molecule has 1 aromatic carbocycles. The van der Waals surface area contributed by atoms with Crippen LogP contribution in [0.5, 0.6) is 0 Å². The Balaban J connectivity index is 2.25. The number of alkyl halides is 3. The highest BCUT2D eigenvalue weighted by Gasteiger charge is 2.30. The predicted molar refractivity (Wildman–Crippen MR) is 62.4 cm³/mol. The predicted octanol–water partition coefficient (Wildman–Crippen LogP) is 3.46. The topological polar surface area (TPSA) is 46.3 Å². The number of aliphatic hydroxyl groups excluding tert-OH is 1. The molecule has 2 aromatic rings. The summed E-state index contributed by atoms with van der Waals surface area (Å²) < 4.78 is 42.4. The summed E-state index contributed by atoms with van der Waals surface area (Å²) in [5, 5.41) is 8.99. The SMILES string of the molecule is CC(CO)c1coc(-c2ccc(C(F)(F)F)cc2)n1. The van der Waals surface area contributed by atoms with Gasteiger partial charge in [0.05, 0.1) is 17.9 Å².